The molecule has 2 N–H and O–H groups in total. The van der Waals surface area contributed by atoms with Gasteiger partial charge in [0, 0.05) is 19.2 Å². The van der Waals surface area contributed by atoms with Crippen LogP contribution in [-0.4, -0.2) is 38.4 Å². The number of hydrogen-bond acceptors (Lipinski definition) is 3. The predicted molar refractivity (Wildman–Crippen MR) is 52.9 cm³/mol. The second kappa shape index (κ2) is 4.94. The van der Waals surface area contributed by atoms with E-state index >= 15 is 0 Å². The smallest absolute Gasteiger partial charge is 0.0700 e. The molecule has 2 aliphatic heterocycles. The van der Waals surface area contributed by atoms with Crippen molar-refractivity contribution in [1.82, 2.24) is 10.6 Å². The molecule has 0 radical (unpaired) electrons. The monoisotopic (exact) mass is 184 g/mol. The third kappa shape index (κ3) is 2.93. The molecule has 0 saturated carbocycles. The molecule has 76 valence electrons. The van der Waals surface area contributed by atoms with Gasteiger partial charge in [0.15, 0.2) is 0 Å². The quantitative estimate of drug-likeness (QED) is 0.670. The van der Waals surface area contributed by atoms with Crippen molar-refractivity contribution >= 4 is 0 Å². The fourth-order valence-corrected chi connectivity index (χ4v) is 2.13. The van der Waals surface area contributed by atoms with Crippen LogP contribution < -0.4 is 10.6 Å². The van der Waals surface area contributed by atoms with Crippen LogP contribution in [0.25, 0.3) is 0 Å². The Bertz CT molecular complexity index is 140. The van der Waals surface area contributed by atoms with E-state index in [1.54, 1.807) is 0 Å². The molecule has 1 atom stereocenters. The maximum atomic E-state index is 5.57. The van der Waals surface area contributed by atoms with Gasteiger partial charge in [-0.1, -0.05) is 0 Å². The molecule has 2 aliphatic rings. The summed E-state index contributed by atoms with van der Waals surface area (Å²) >= 11 is 0. The Balaban J connectivity index is 1.60. The second-order valence-electron chi connectivity index (χ2n) is 4.07. The Labute approximate surface area is 80.2 Å². The van der Waals surface area contributed by atoms with Gasteiger partial charge in [-0.3, -0.25) is 0 Å². The van der Waals surface area contributed by atoms with Gasteiger partial charge in [0.05, 0.1) is 6.10 Å². The van der Waals surface area contributed by atoms with Gasteiger partial charge < -0.3 is 15.4 Å². The van der Waals surface area contributed by atoms with E-state index in [0.717, 1.165) is 19.2 Å². The standard InChI is InChI=1S/C10H20N2O/c1-2-10(13-7-1)8-12-9-3-5-11-6-4-9/h9-12H,1-8H2. The molecule has 0 aromatic rings. The molecule has 0 bridgehead atoms. The minimum Gasteiger partial charge on any atom is -0.377 e. The average molecular weight is 184 g/mol. The molecular weight excluding hydrogens is 164 g/mol. The van der Waals surface area contributed by atoms with Gasteiger partial charge in [0.25, 0.3) is 0 Å². The van der Waals surface area contributed by atoms with Crippen LogP contribution in [0.3, 0.4) is 0 Å². The van der Waals surface area contributed by atoms with Crippen LogP contribution in [0.5, 0.6) is 0 Å². The molecule has 1 unspecified atom stereocenters. The summed E-state index contributed by atoms with van der Waals surface area (Å²) in [6, 6.07) is 0.727. The van der Waals surface area contributed by atoms with Crippen molar-refractivity contribution < 1.29 is 4.74 Å². The zero-order valence-corrected chi connectivity index (χ0v) is 8.22. The zero-order chi connectivity index (χ0) is 8.93. The van der Waals surface area contributed by atoms with E-state index in [1.807, 2.05) is 0 Å². The van der Waals surface area contributed by atoms with Crippen molar-refractivity contribution in [3.63, 3.8) is 0 Å². The summed E-state index contributed by atoms with van der Waals surface area (Å²) in [5, 5.41) is 6.97. The highest BCUT2D eigenvalue weighted by Gasteiger charge is 2.18. The summed E-state index contributed by atoms with van der Waals surface area (Å²) in [6.45, 7) is 4.37. The molecule has 2 saturated heterocycles. The first kappa shape index (κ1) is 9.44. The Kier molecular flexibility index (Phi) is 3.58. The summed E-state index contributed by atoms with van der Waals surface area (Å²) in [5.41, 5.74) is 0. The first-order chi connectivity index (χ1) is 6.45. The van der Waals surface area contributed by atoms with Gasteiger partial charge in [-0.15, -0.1) is 0 Å². The molecule has 2 fully saturated rings. The maximum Gasteiger partial charge on any atom is 0.0700 e. The van der Waals surface area contributed by atoms with E-state index in [1.165, 1.54) is 38.8 Å². The molecule has 3 heteroatoms. The molecule has 0 aromatic carbocycles. The predicted octanol–water partition coefficient (Wildman–Crippen LogP) is 0.507. The van der Waals surface area contributed by atoms with E-state index in [9.17, 15) is 0 Å². The van der Waals surface area contributed by atoms with Gasteiger partial charge in [0.2, 0.25) is 0 Å². The molecule has 2 rings (SSSR count). The summed E-state index contributed by atoms with van der Waals surface area (Å²) in [6.07, 6.45) is 5.53. The summed E-state index contributed by atoms with van der Waals surface area (Å²) in [7, 11) is 0. The Morgan fingerprint density at radius 2 is 2.08 bits per heavy atom. The minimum absolute atomic E-state index is 0.495. The third-order valence-electron chi connectivity index (χ3n) is 3.00. The van der Waals surface area contributed by atoms with Gasteiger partial charge in [-0.05, 0) is 38.8 Å². The highest BCUT2D eigenvalue weighted by molar-refractivity contribution is 4.77. The topological polar surface area (TPSA) is 33.3 Å². The highest BCUT2D eigenvalue weighted by atomic mass is 16.5. The number of nitrogens with one attached hydrogen (secondary N) is 2. The maximum absolute atomic E-state index is 5.57. The SMILES string of the molecule is C1COC(CNC2CCNCC2)C1. The number of piperidine rings is 1. The molecule has 0 aromatic heterocycles. The largest absolute Gasteiger partial charge is 0.377 e. The van der Waals surface area contributed by atoms with Crippen molar-refractivity contribution in [1.29, 1.82) is 0 Å². The third-order valence-corrected chi connectivity index (χ3v) is 3.00. The van der Waals surface area contributed by atoms with Crippen LogP contribution in [-0.2, 0) is 4.74 Å². The summed E-state index contributed by atoms with van der Waals surface area (Å²) in [5.74, 6) is 0. The van der Waals surface area contributed by atoms with E-state index in [-0.39, 0.29) is 0 Å². The molecule has 13 heavy (non-hydrogen) atoms. The lowest BCUT2D eigenvalue weighted by Crippen LogP contribution is -2.42. The van der Waals surface area contributed by atoms with Gasteiger partial charge >= 0.3 is 0 Å². The normalized spacial score (nSPS) is 30.9. The Hall–Kier alpha value is -0.120. The van der Waals surface area contributed by atoms with Gasteiger partial charge in [0.1, 0.15) is 0 Å². The fraction of sp³-hybridized carbons (Fsp3) is 1.00. The second-order valence-corrected chi connectivity index (χ2v) is 4.07. The fourth-order valence-electron chi connectivity index (χ4n) is 2.13. The van der Waals surface area contributed by atoms with E-state index in [0.29, 0.717) is 6.10 Å². The van der Waals surface area contributed by atoms with Crippen molar-refractivity contribution in [3.8, 4) is 0 Å². The molecular formula is C10H20N2O. The summed E-state index contributed by atoms with van der Waals surface area (Å²) in [4.78, 5) is 0. The van der Waals surface area contributed by atoms with Crippen LogP contribution in [0.15, 0.2) is 0 Å². The number of rotatable bonds is 3. The average Bonchev–Trinajstić information content (AvgIpc) is 2.69. The van der Waals surface area contributed by atoms with Crippen molar-refractivity contribution in [3.05, 3.63) is 0 Å². The molecule has 0 aliphatic carbocycles. The van der Waals surface area contributed by atoms with Crippen LogP contribution in [0.2, 0.25) is 0 Å². The van der Waals surface area contributed by atoms with Crippen LogP contribution in [0.1, 0.15) is 25.7 Å². The van der Waals surface area contributed by atoms with Crippen LogP contribution in [0, 0.1) is 0 Å². The molecule has 0 amide bonds. The lowest BCUT2D eigenvalue weighted by molar-refractivity contribution is 0.106. The molecule has 0 spiro atoms. The van der Waals surface area contributed by atoms with Gasteiger partial charge in [-0.2, -0.15) is 0 Å². The number of ether oxygens (including phenoxy) is 1. The van der Waals surface area contributed by atoms with Crippen LogP contribution in [0.4, 0.5) is 0 Å². The lowest BCUT2D eigenvalue weighted by Gasteiger charge is -2.25. The van der Waals surface area contributed by atoms with E-state index < -0.39 is 0 Å². The summed E-state index contributed by atoms with van der Waals surface area (Å²) < 4.78 is 5.57. The first-order valence-electron chi connectivity index (χ1n) is 5.51. The van der Waals surface area contributed by atoms with Crippen molar-refractivity contribution in [2.24, 2.45) is 0 Å². The van der Waals surface area contributed by atoms with E-state index in [2.05, 4.69) is 10.6 Å². The lowest BCUT2D eigenvalue weighted by atomic mass is 10.1. The van der Waals surface area contributed by atoms with Crippen molar-refractivity contribution in [2.45, 2.75) is 37.8 Å². The Morgan fingerprint density at radius 3 is 2.77 bits per heavy atom. The minimum atomic E-state index is 0.495. The molecule has 3 nitrogen and oxygen atoms in total. The zero-order valence-electron chi connectivity index (χ0n) is 8.22. The van der Waals surface area contributed by atoms with Crippen LogP contribution >= 0.6 is 0 Å². The molecule has 2 heterocycles. The first-order valence-corrected chi connectivity index (χ1v) is 5.51. The Morgan fingerprint density at radius 1 is 1.23 bits per heavy atom. The number of hydrogen-bond donors (Lipinski definition) is 2. The van der Waals surface area contributed by atoms with Crippen molar-refractivity contribution in [2.75, 3.05) is 26.2 Å². The van der Waals surface area contributed by atoms with E-state index in [4.69, 9.17) is 4.74 Å². The highest BCUT2D eigenvalue weighted by Crippen LogP contribution is 2.11. The van der Waals surface area contributed by atoms with Gasteiger partial charge in [-0.25, -0.2) is 0 Å².